The molecule has 0 radical (unpaired) electrons. The Kier molecular flexibility index (Phi) is 7.70. The minimum absolute atomic E-state index is 0.0953. The fourth-order valence-electron chi connectivity index (χ4n) is 6.95. The number of phenols is 3. The van der Waals surface area contributed by atoms with Gasteiger partial charge < -0.3 is 20.2 Å². The SMILES string of the molecule is Cc1c(C)c(O)c(N(c2ccc(-c3cccc(-c4ccccc4)c3)cc2)c2ccc(-c3cc4ccccc4c4ccccc34)cc2)c(O)c1O. The van der Waals surface area contributed by atoms with Gasteiger partial charge in [0.05, 0.1) is 0 Å². The quantitative estimate of drug-likeness (QED) is 0.0953. The maximum Gasteiger partial charge on any atom is 0.186 e. The average molecular weight is 650 g/mol. The number of hydrogen-bond donors (Lipinski definition) is 3. The molecule has 242 valence electrons. The summed E-state index contributed by atoms with van der Waals surface area (Å²) < 4.78 is 0. The highest BCUT2D eigenvalue weighted by Gasteiger charge is 2.26. The predicted octanol–water partition coefficient (Wildman–Crippen LogP) is 12.2. The lowest BCUT2D eigenvalue weighted by Gasteiger charge is -2.28. The molecule has 50 heavy (non-hydrogen) atoms. The number of phenolic OH excluding ortho intramolecular Hbond substituents is 3. The lowest BCUT2D eigenvalue weighted by molar-refractivity contribution is 0.394. The zero-order valence-corrected chi connectivity index (χ0v) is 27.8. The lowest BCUT2D eigenvalue weighted by atomic mass is 9.93. The van der Waals surface area contributed by atoms with Gasteiger partial charge in [-0.05, 0) is 111 Å². The zero-order chi connectivity index (χ0) is 34.4. The predicted molar refractivity (Wildman–Crippen MR) is 207 cm³/mol. The van der Waals surface area contributed by atoms with E-state index in [0.717, 1.165) is 38.8 Å². The maximum absolute atomic E-state index is 11.5. The van der Waals surface area contributed by atoms with E-state index in [1.807, 2.05) is 54.6 Å². The van der Waals surface area contributed by atoms with E-state index in [-0.39, 0.29) is 22.9 Å². The highest BCUT2D eigenvalue weighted by molar-refractivity contribution is 6.13. The second-order valence-corrected chi connectivity index (χ2v) is 12.7. The number of nitrogens with zero attached hydrogens (tertiary/aromatic N) is 1. The van der Waals surface area contributed by atoms with Crippen molar-refractivity contribution in [3.63, 3.8) is 0 Å². The van der Waals surface area contributed by atoms with Crippen molar-refractivity contribution in [1.29, 1.82) is 0 Å². The number of hydrogen-bond acceptors (Lipinski definition) is 4. The summed E-state index contributed by atoms with van der Waals surface area (Å²) in [5.74, 6) is -0.731. The number of anilines is 3. The van der Waals surface area contributed by atoms with Crippen molar-refractivity contribution in [3.8, 4) is 50.6 Å². The Hall–Kier alpha value is -6.52. The van der Waals surface area contributed by atoms with E-state index < -0.39 is 0 Å². The van der Waals surface area contributed by atoms with Gasteiger partial charge in [-0.15, -0.1) is 0 Å². The van der Waals surface area contributed by atoms with Crippen LogP contribution in [0.2, 0.25) is 0 Å². The largest absolute Gasteiger partial charge is 0.505 e. The van der Waals surface area contributed by atoms with Crippen molar-refractivity contribution in [2.75, 3.05) is 4.90 Å². The normalized spacial score (nSPS) is 11.2. The lowest BCUT2D eigenvalue weighted by Crippen LogP contribution is -2.11. The van der Waals surface area contributed by atoms with Crippen LogP contribution in [0, 0.1) is 13.8 Å². The van der Waals surface area contributed by atoms with Gasteiger partial charge in [-0.2, -0.15) is 0 Å². The van der Waals surface area contributed by atoms with Crippen molar-refractivity contribution in [1.82, 2.24) is 0 Å². The molecule has 0 aromatic heterocycles. The fraction of sp³-hybridized carbons (Fsp3) is 0.0435. The van der Waals surface area contributed by atoms with Gasteiger partial charge in [-0.25, -0.2) is 0 Å². The van der Waals surface area contributed by atoms with E-state index >= 15 is 0 Å². The Balaban J connectivity index is 1.24. The maximum atomic E-state index is 11.5. The first-order chi connectivity index (χ1) is 24.4. The molecular formula is C46H35NO3. The van der Waals surface area contributed by atoms with Crippen molar-refractivity contribution >= 4 is 38.6 Å². The molecule has 0 aliphatic rings. The van der Waals surface area contributed by atoms with Crippen molar-refractivity contribution in [3.05, 3.63) is 169 Å². The fourth-order valence-corrected chi connectivity index (χ4v) is 6.95. The highest BCUT2D eigenvalue weighted by atomic mass is 16.3. The van der Waals surface area contributed by atoms with Crippen LogP contribution in [-0.4, -0.2) is 15.3 Å². The van der Waals surface area contributed by atoms with Gasteiger partial charge in [0.25, 0.3) is 0 Å². The first-order valence-corrected chi connectivity index (χ1v) is 16.7. The van der Waals surface area contributed by atoms with E-state index in [0.29, 0.717) is 22.5 Å². The number of rotatable bonds is 6. The van der Waals surface area contributed by atoms with E-state index in [1.54, 1.807) is 18.7 Å². The van der Waals surface area contributed by atoms with Crippen LogP contribution in [0.3, 0.4) is 0 Å². The first kappa shape index (κ1) is 30.8. The van der Waals surface area contributed by atoms with E-state index in [4.69, 9.17) is 0 Å². The average Bonchev–Trinajstić information content (AvgIpc) is 3.18. The first-order valence-electron chi connectivity index (χ1n) is 16.7. The molecule has 0 amide bonds. The van der Waals surface area contributed by atoms with Crippen LogP contribution in [0.1, 0.15) is 11.1 Å². The van der Waals surface area contributed by atoms with Crippen molar-refractivity contribution in [2.24, 2.45) is 0 Å². The molecule has 0 saturated carbocycles. The smallest absolute Gasteiger partial charge is 0.186 e. The van der Waals surface area contributed by atoms with Gasteiger partial charge in [0.2, 0.25) is 0 Å². The van der Waals surface area contributed by atoms with Gasteiger partial charge in [-0.1, -0.05) is 121 Å². The molecule has 8 aromatic rings. The van der Waals surface area contributed by atoms with Crippen molar-refractivity contribution in [2.45, 2.75) is 13.8 Å². The van der Waals surface area contributed by atoms with Crippen LogP contribution in [0.4, 0.5) is 17.1 Å². The van der Waals surface area contributed by atoms with Gasteiger partial charge in [-0.3, -0.25) is 0 Å². The molecule has 0 spiro atoms. The number of aromatic hydroxyl groups is 3. The molecule has 8 aromatic carbocycles. The summed E-state index contributed by atoms with van der Waals surface area (Å²) in [4.78, 5) is 1.79. The molecule has 0 heterocycles. The molecule has 0 aliphatic heterocycles. The summed E-state index contributed by atoms with van der Waals surface area (Å²) in [5.41, 5.74) is 9.02. The van der Waals surface area contributed by atoms with Gasteiger partial charge in [0, 0.05) is 16.9 Å². The summed E-state index contributed by atoms with van der Waals surface area (Å²) in [7, 11) is 0. The van der Waals surface area contributed by atoms with Gasteiger partial charge in [0.15, 0.2) is 11.5 Å². The molecule has 0 bridgehead atoms. The molecule has 8 rings (SSSR count). The summed E-state index contributed by atoms with van der Waals surface area (Å²) in [6.07, 6.45) is 0. The summed E-state index contributed by atoms with van der Waals surface area (Å²) in [6.45, 7) is 3.42. The summed E-state index contributed by atoms with van der Waals surface area (Å²) in [5, 5.41) is 38.5. The molecule has 4 nitrogen and oxygen atoms in total. The monoisotopic (exact) mass is 649 g/mol. The number of fused-ring (bicyclic) bond motifs is 3. The van der Waals surface area contributed by atoms with Crippen LogP contribution in [0.25, 0.3) is 54.9 Å². The number of benzene rings is 8. The zero-order valence-electron chi connectivity index (χ0n) is 27.8. The third-order valence-electron chi connectivity index (χ3n) is 9.80. The molecule has 0 aliphatic carbocycles. The van der Waals surface area contributed by atoms with Crippen molar-refractivity contribution < 1.29 is 15.3 Å². The minimum atomic E-state index is -0.380. The molecule has 0 unspecified atom stereocenters. The Labute approximate surface area is 291 Å². The molecule has 3 N–H and O–H groups in total. The van der Waals surface area contributed by atoms with Gasteiger partial charge in [0.1, 0.15) is 11.4 Å². The Morgan fingerprint density at radius 1 is 0.380 bits per heavy atom. The molecule has 0 atom stereocenters. The topological polar surface area (TPSA) is 63.9 Å². The van der Waals surface area contributed by atoms with E-state index in [9.17, 15) is 15.3 Å². The minimum Gasteiger partial charge on any atom is -0.505 e. The second-order valence-electron chi connectivity index (χ2n) is 12.7. The van der Waals surface area contributed by atoms with Crippen LogP contribution in [-0.2, 0) is 0 Å². The van der Waals surface area contributed by atoms with Gasteiger partial charge >= 0.3 is 0 Å². The summed E-state index contributed by atoms with van der Waals surface area (Å²) >= 11 is 0. The Bertz CT molecular complexity index is 2490. The summed E-state index contributed by atoms with van der Waals surface area (Å²) in [6, 6.07) is 54.0. The third kappa shape index (κ3) is 5.28. The Morgan fingerprint density at radius 3 is 1.54 bits per heavy atom. The van der Waals surface area contributed by atoms with Crippen LogP contribution < -0.4 is 4.90 Å². The standard InChI is InChI=1S/C46H35NO3/c1-29-30(2)45(49)46(50)43(44(29)48)47(37-23-19-32(20-24-37)35-15-10-14-34(27-35)31-11-4-3-5-12-31)38-25-21-33(22-26-38)42-28-36-13-6-7-16-39(36)40-17-8-9-18-41(40)42/h3-28,48-50H,1-2H3. The Morgan fingerprint density at radius 2 is 0.880 bits per heavy atom. The van der Waals surface area contributed by atoms with E-state index in [2.05, 4.69) is 103 Å². The van der Waals surface area contributed by atoms with Crippen LogP contribution in [0.5, 0.6) is 17.2 Å². The van der Waals surface area contributed by atoms with Crippen LogP contribution in [0.15, 0.2) is 158 Å². The van der Waals surface area contributed by atoms with Crippen LogP contribution >= 0.6 is 0 Å². The third-order valence-corrected chi connectivity index (χ3v) is 9.80. The van der Waals surface area contributed by atoms with E-state index in [1.165, 1.54) is 16.2 Å². The molecule has 4 heteroatoms. The second kappa shape index (κ2) is 12.5. The molecule has 0 fully saturated rings. The highest BCUT2D eigenvalue weighted by Crippen LogP contribution is 2.52. The molecular weight excluding hydrogens is 615 g/mol. The molecule has 0 saturated heterocycles.